The molecule has 3 heterocycles. The molecule has 1 atom stereocenters. The molecule has 1 saturated heterocycles. The van der Waals surface area contributed by atoms with Crippen molar-refractivity contribution in [3.8, 4) is 10.8 Å². The summed E-state index contributed by atoms with van der Waals surface area (Å²) in [6, 6.07) is 3.79. The molecule has 5 nitrogen and oxygen atoms in total. The van der Waals surface area contributed by atoms with Gasteiger partial charge in [-0.25, -0.2) is 4.98 Å². The number of carbonyl (C=O) groups excluding carboxylic acids is 1. The number of ether oxygens (including phenoxy) is 1. The Morgan fingerprint density at radius 3 is 2.90 bits per heavy atom. The molecule has 0 unspecified atom stereocenters. The number of nitrogens with zero attached hydrogens (tertiary/aromatic N) is 2. The molecule has 2 aromatic heterocycles. The largest absolute Gasteiger partial charge is 0.459 e. The van der Waals surface area contributed by atoms with Crippen molar-refractivity contribution in [3.63, 3.8) is 0 Å². The summed E-state index contributed by atoms with van der Waals surface area (Å²) in [6.45, 7) is 7.60. The van der Waals surface area contributed by atoms with Crippen molar-refractivity contribution >= 4 is 17.2 Å². The Balaban J connectivity index is 1.85. The van der Waals surface area contributed by atoms with Crippen LogP contribution in [-0.4, -0.2) is 41.6 Å². The lowest BCUT2D eigenvalue weighted by Crippen LogP contribution is -2.44. The van der Waals surface area contributed by atoms with Crippen LogP contribution in [0.15, 0.2) is 16.5 Å². The summed E-state index contributed by atoms with van der Waals surface area (Å²) in [7, 11) is 0. The summed E-state index contributed by atoms with van der Waals surface area (Å²) in [6.07, 6.45) is 0.0862. The van der Waals surface area contributed by atoms with E-state index in [1.807, 2.05) is 37.8 Å². The quantitative estimate of drug-likeness (QED) is 0.856. The number of hydrogen-bond acceptors (Lipinski definition) is 5. The van der Waals surface area contributed by atoms with Gasteiger partial charge in [0.1, 0.15) is 10.6 Å². The van der Waals surface area contributed by atoms with Crippen molar-refractivity contribution in [1.82, 2.24) is 9.88 Å². The van der Waals surface area contributed by atoms with Crippen molar-refractivity contribution in [3.05, 3.63) is 28.5 Å². The van der Waals surface area contributed by atoms with Crippen molar-refractivity contribution < 1.29 is 13.9 Å². The summed E-state index contributed by atoms with van der Waals surface area (Å²) in [5, 5.41) is 0.755. The van der Waals surface area contributed by atoms with Gasteiger partial charge < -0.3 is 14.1 Å². The van der Waals surface area contributed by atoms with Gasteiger partial charge in [-0.15, -0.1) is 11.3 Å². The van der Waals surface area contributed by atoms with E-state index in [-0.39, 0.29) is 12.0 Å². The molecule has 1 aliphatic rings. The van der Waals surface area contributed by atoms with Crippen LogP contribution < -0.4 is 0 Å². The maximum Gasteiger partial charge on any atom is 0.266 e. The van der Waals surface area contributed by atoms with E-state index in [1.165, 1.54) is 11.3 Å². The predicted octanol–water partition coefficient (Wildman–Crippen LogP) is 2.88. The fraction of sp³-hybridized carbons (Fsp3) is 0.467. The minimum Gasteiger partial charge on any atom is -0.459 e. The van der Waals surface area contributed by atoms with E-state index in [0.29, 0.717) is 24.6 Å². The molecule has 6 heteroatoms. The summed E-state index contributed by atoms with van der Waals surface area (Å²) in [5.74, 6) is 1.59. The van der Waals surface area contributed by atoms with Gasteiger partial charge in [0, 0.05) is 13.1 Å². The zero-order valence-electron chi connectivity index (χ0n) is 12.4. The number of rotatable bonds is 2. The Labute approximate surface area is 127 Å². The van der Waals surface area contributed by atoms with E-state index in [9.17, 15) is 4.79 Å². The second-order valence-electron chi connectivity index (χ2n) is 5.28. The highest BCUT2D eigenvalue weighted by Gasteiger charge is 2.26. The summed E-state index contributed by atoms with van der Waals surface area (Å²) in [4.78, 5) is 19.6. The van der Waals surface area contributed by atoms with E-state index in [1.54, 1.807) is 0 Å². The van der Waals surface area contributed by atoms with Crippen molar-refractivity contribution in [2.75, 3.05) is 19.7 Å². The first-order chi connectivity index (χ1) is 10.0. The first-order valence-electron chi connectivity index (χ1n) is 6.99. The fourth-order valence-corrected chi connectivity index (χ4v) is 3.39. The van der Waals surface area contributed by atoms with Gasteiger partial charge in [0.15, 0.2) is 10.8 Å². The Morgan fingerprint density at radius 2 is 2.24 bits per heavy atom. The van der Waals surface area contributed by atoms with Crippen LogP contribution in [-0.2, 0) is 4.74 Å². The third-order valence-corrected chi connectivity index (χ3v) is 4.63. The molecule has 2 aromatic rings. The van der Waals surface area contributed by atoms with Crippen LogP contribution in [0.3, 0.4) is 0 Å². The maximum atomic E-state index is 12.6. The molecule has 0 saturated carbocycles. The number of morpholine rings is 1. The van der Waals surface area contributed by atoms with Crippen molar-refractivity contribution in [2.24, 2.45) is 0 Å². The fourth-order valence-electron chi connectivity index (χ4n) is 2.40. The molecule has 1 aliphatic heterocycles. The van der Waals surface area contributed by atoms with Crippen LogP contribution in [0.4, 0.5) is 0 Å². The minimum absolute atomic E-state index is 0.0367. The van der Waals surface area contributed by atoms with E-state index in [2.05, 4.69) is 4.98 Å². The molecule has 112 valence electrons. The zero-order valence-corrected chi connectivity index (χ0v) is 13.2. The molecule has 0 radical (unpaired) electrons. The van der Waals surface area contributed by atoms with Crippen molar-refractivity contribution in [2.45, 2.75) is 26.9 Å². The molecule has 0 spiro atoms. The normalized spacial score (nSPS) is 19.0. The predicted molar refractivity (Wildman–Crippen MR) is 80.6 cm³/mol. The summed E-state index contributed by atoms with van der Waals surface area (Å²) < 4.78 is 11.1. The highest BCUT2D eigenvalue weighted by Crippen LogP contribution is 2.30. The second kappa shape index (κ2) is 5.61. The number of thiazole rings is 1. The highest BCUT2D eigenvalue weighted by molar-refractivity contribution is 7.17. The van der Waals surface area contributed by atoms with E-state index < -0.39 is 0 Å². The lowest BCUT2D eigenvalue weighted by atomic mass is 10.2. The third kappa shape index (κ3) is 2.87. The van der Waals surface area contributed by atoms with Crippen molar-refractivity contribution in [1.29, 1.82) is 0 Å². The zero-order chi connectivity index (χ0) is 15.0. The first kappa shape index (κ1) is 14.3. The second-order valence-corrected chi connectivity index (χ2v) is 6.28. The van der Waals surface area contributed by atoms with Gasteiger partial charge in [-0.2, -0.15) is 0 Å². The molecule has 0 bridgehead atoms. The van der Waals surface area contributed by atoms with Crippen LogP contribution in [0.1, 0.15) is 28.0 Å². The number of furan rings is 1. The molecule has 0 aliphatic carbocycles. The van der Waals surface area contributed by atoms with Crippen LogP contribution in [0.25, 0.3) is 10.8 Å². The molecule has 0 aromatic carbocycles. The van der Waals surface area contributed by atoms with Gasteiger partial charge in [-0.05, 0) is 32.9 Å². The lowest BCUT2D eigenvalue weighted by Gasteiger charge is -2.30. The Bertz CT molecular complexity index is 662. The topological polar surface area (TPSA) is 55.6 Å². The molecular weight excluding hydrogens is 288 g/mol. The monoisotopic (exact) mass is 306 g/mol. The highest BCUT2D eigenvalue weighted by atomic mass is 32.1. The van der Waals surface area contributed by atoms with E-state index in [4.69, 9.17) is 9.15 Å². The van der Waals surface area contributed by atoms with E-state index >= 15 is 0 Å². The Morgan fingerprint density at radius 1 is 1.43 bits per heavy atom. The molecule has 3 rings (SSSR count). The first-order valence-corrected chi connectivity index (χ1v) is 7.81. The third-order valence-electron chi connectivity index (χ3n) is 3.47. The van der Waals surface area contributed by atoms with Crippen LogP contribution in [0.2, 0.25) is 0 Å². The standard InChI is InChI=1S/C15H18N2O3S/c1-9-4-5-12(20-9)14-16-11(3)13(21-14)15(18)17-6-7-19-10(2)8-17/h4-5,10H,6-8H2,1-3H3/t10-/m0/s1. The van der Waals surface area contributed by atoms with Gasteiger partial charge in [0.2, 0.25) is 0 Å². The SMILES string of the molecule is Cc1ccc(-c2nc(C)c(C(=O)N3CCO[C@@H](C)C3)s2)o1. The average molecular weight is 306 g/mol. The lowest BCUT2D eigenvalue weighted by molar-refractivity contribution is -0.0122. The molecule has 21 heavy (non-hydrogen) atoms. The smallest absolute Gasteiger partial charge is 0.266 e. The molecule has 0 N–H and O–H groups in total. The number of carbonyl (C=O) groups is 1. The number of aromatic nitrogens is 1. The number of hydrogen-bond donors (Lipinski definition) is 0. The maximum absolute atomic E-state index is 12.6. The number of aryl methyl sites for hydroxylation is 2. The average Bonchev–Trinajstić information content (AvgIpc) is 3.04. The number of amides is 1. The molecule has 1 fully saturated rings. The minimum atomic E-state index is 0.0367. The van der Waals surface area contributed by atoms with Gasteiger partial charge in [-0.1, -0.05) is 0 Å². The van der Waals surface area contributed by atoms with Gasteiger partial charge in [-0.3, -0.25) is 4.79 Å². The van der Waals surface area contributed by atoms with Gasteiger partial charge in [0.05, 0.1) is 18.4 Å². The molecular formula is C15H18N2O3S. The Kier molecular flexibility index (Phi) is 3.82. The van der Waals surface area contributed by atoms with Crippen LogP contribution in [0, 0.1) is 13.8 Å². The summed E-state index contributed by atoms with van der Waals surface area (Å²) >= 11 is 1.39. The van der Waals surface area contributed by atoms with Crippen LogP contribution >= 0.6 is 11.3 Å². The van der Waals surface area contributed by atoms with Gasteiger partial charge in [0.25, 0.3) is 5.91 Å². The van der Waals surface area contributed by atoms with Crippen LogP contribution in [0.5, 0.6) is 0 Å². The molecule has 1 amide bonds. The Hall–Kier alpha value is -1.66. The van der Waals surface area contributed by atoms with E-state index in [0.717, 1.165) is 22.2 Å². The summed E-state index contributed by atoms with van der Waals surface area (Å²) in [5.41, 5.74) is 0.758. The van der Waals surface area contributed by atoms with Gasteiger partial charge >= 0.3 is 0 Å².